The Hall–Kier alpha value is -1.12. The summed E-state index contributed by atoms with van der Waals surface area (Å²) in [5.74, 6) is 0.515. The number of rotatable bonds is 2. The molecule has 19 heavy (non-hydrogen) atoms. The van der Waals surface area contributed by atoms with Crippen LogP contribution in [0, 0.1) is 29.1 Å². The van der Waals surface area contributed by atoms with Crippen LogP contribution in [0.3, 0.4) is 0 Å². The average molecular weight is 264 g/mol. The van der Waals surface area contributed by atoms with Gasteiger partial charge in [-0.25, -0.2) is 0 Å². The lowest BCUT2D eigenvalue weighted by atomic mass is 9.59. The quantitative estimate of drug-likeness (QED) is 0.569. The van der Waals surface area contributed by atoms with Crippen molar-refractivity contribution in [3.05, 3.63) is 12.2 Å². The van der Waals surface area contributed by atoms with E-state index in [1.54, 1.807) is 0 Å². The van der Waals surface area contributed by atoms with E-state index in [1.807, 2.05) is 20.8 Å². The normalized spacial score (nSPS) is 41.8. The van der Waals surface area contributed by atoms with Gasteiger partial charge in [-0.3, -0.25) is 9.59 Å². The van der Waals surface area contributed by atoms with Gasteiger partial charge in [-0.05, 0) is 38.0 Å². The molecule has 0 radical (unpaired) electrons. The largest absolute Gasteiger partial charge is 0.469 e. The molecule has 0 aliphatic heterocycles. The second-order valence-corrected chi connectivity index (χ2v) is 6.65. The van der Waals surface area contributed by atoms with Gasteiger partial charge in [-0.15, -0.1) is 0 Å². The predicted molar refractivity (Wildman–Crippen MR) is 73.4 cm³/mol. The predicted octanol–water partition coefficient (Wildman–Crippen LogP) is 2.99. The molecule has 0 saturated heterocycles. The summed E-state index contributed by atoms with van der Waals surface area (Å²) in [6.45, 7) is 10.1. The van der Waals surface area contributed by atoms with Gasteiger partial charge >= 0.3 is 5.97 Å². The summed E-state index contributed by atoms with van der Waals surface area (Å²) in [5.41, 5.74) is 0.621. The number of allylic oxidation sites excluding steroid dienone is 1. The molecule has 106 valence electrons. The van der Waals surface area contributed by atoms with Crippen LogP contribution < -0.4 is 0 Å². The van der Waals surface area contributed by atoms with Crippen LogP contribution in [0.25, 0.3) is 0 Å². The van der Waals surface area contributed by atoms with Gasteiger partial charge < -0.3 is 4.74 Å². The minimum absolute atomic E-state index is 0.0361. The van der Waals surface area contributed by atoms with E-state index in [0.29, 0.717) is 12.2 Å². The minimum atomic E-state index is -0.447. The monoisotopic (exact) mass is 264 g/mol. The Morgan fingerprint density at radius 3 is 2.58 bits per heavy atom. The smallest absolute Gasteiger partial charge is 0.308 e. The van der Waals surface area contributed by atoms with E-state index in [9.17, 15) is 9.59 Å². The summed E-state index contributed by atoms with van der Waals surface area (Å²) < 4.78 is 4.94. The molecule has 3 heteroatoms. The van der Waals surface area contributed by atoms with Crippen molar-refractivity contribution in [3.8, 4) is 0 Å². The van der Waals surface area contributed by atoms with Crippen LogP contribution in [-0.2, 0) is 14.3 Å². The summed E-state index contributed by atoms with van der Waals surface area (Å²) in [7, 11) is 1.44. The number of carbonyl (C=O) groups is 2. The highest BCUT2D eigenvalue weighted by Gasteiger charge is 2.55. The summed E-state index contributed by atoms with van der Waals surface area (Å²) in [5, 5.41) is 0. The molecular weight excluding hydrogens is 240 g/mol. The highest BCUT2D eigenvalue weighted by atomic mass is 16.5. The Bertz CT molecular complexity index is 426. The van der Waals surface area contributed by atoms with Crippen LogP contribution in [0.15, 0.2) is 12.2 Å². The third-order valence-electron chi connectivity index (χ3n) is 5.29. The maximum Gasteiger partial charge on any atom is 0.308 e. The molecule has 3 aliphatic rings. The molecule has 0 aromatic heterocycles. The van der Waals surface area contributed by atoms with Crippen LogP contribution in [0.4, 0.5) is 0 Å². The highest BCUT2D eigenvalue weighted by molar-refractivity contribution is 5.89. The Morgan fingerprint density at radius 2 is 2.05 bits per heavy atom. The van der Waals surface area contributed by atoms with E-state index < -0.39 is 5.41 Å². The Labute approximate surface area is 115 Å². The number of fused-ring (bicyclic) bond motifs is 4. The van der Waals surface area contributed by atoms with E-state index in [0.717, 1.165) is 18.4 Å². The van der Waals surface area contributed by atoms with Crippen molar-refractivity contribution in [1.82, 2.24) is 0 Å². The molecule has 3 aliphatic carbocycles. The van der Waals surface area contributed by atoms with Crippen molar-refractivity contribution >= 4 is 11.8 Å². The van der Waals surface area contributed by atoms with Crippen molar-refractivity contribution < 1.29 is 14.3 Å². The number of esters is 1. The number of Topliss-reactive ketones (excluding diaryl/α,β-unsaturated/α-hetero) is 1. The zero-order valence-electron chi connectivity index (χ0n) is 12.4. The number of hydrogen-bond donors (Lipinski definition) is 0. The fraction of sp³-hybridized carbons (Fsp3) is 0.750. The maximum atomic E-state index is 12.7. The minimum Gasteiger partial charge on any atom is -0.469 e. The zero-order chi connectivity index (χ0) is 14.4. The number of methoxy groups -OCH3 is 1. The van der Waals surface area contributed by atoms with Gasteiger partial charge in [0.15, 0.2) is 0 Å². The SMILES string of the molecule is C=C(C)[C@@H]1CC2CC(C)C(=O)[C@@]1(C)CC2C(=O)OC. The Balaban J connectivity index is 2.43. The molecule has 0 heterocycles. The van der Waals surface area contributed by atoms with Crippen LogP contribution in [-0.4, -0.2) is 18.9 Å². The number of ether oxygens (including phenoxy) is 1. The second kappa shape index (κ2) is 4.77. The molecule has 3 unspecified atom stereocenters. The first-order valence-electron chi connectivity index (χ1n) is 7.08. The molecule has 0 aromatic rings. The topological polar surface area (TPSA) is 43.4 Å². The van der Waals surface area contributed by atoms with Gasteiger partial charge in [-0.2, -0.15) is 0 Å². The van der Waals surface area contributed by atoms with Crippen LogP contribution >= 0.6 is 0 Å². The van der Waals surface area contributed by atoms with E-state index in [4.69, 9.17) is 4.74 Å². The summed E-state index contributed by atoms with van der Waals surface area (Å²) in [6.07, 6.45) is 2.31. The first-order valence-corrected chi connectivity index (χ1v) is 7.08. The van der Waals surface area contributed by atoms with Gasteiger partial charge in [0.25, 0.3) is 0 Å². The lowest BCUT2D eigenvalue weighted by Crippen LogP contribution is -2.44. The molecule has 3 rings (SSSR count). The van der Waals surface area contributed by atoms with Crippen LogP contribution in [0.1, 0.15) is 40.0 Å². The molecule has 3 fully saturated rings. The summed E-state index contributed by atoms with van der Waals surface area (Å²) in [4.78, 5) is 24.7. The van der Waals surface area contributed by atoms with Gasteiger partial charge in [0.05, 0.1) is 13.0 Å². The molecule has 5 atom stereocenters. The summed E-state index contributed by atoms with van der Waals surface area (Å²) >= 11 is 0. The van der Waals surface area contributed by atoms with Crippen molar-refractivity contribution in [2.75, 3.05) is 7.11 Å². The van der Waals surface area contributed by atoms with Crippen LogP contribution in [0.5, 0.6) is 0 Å². The molecule has 2 bridgehead atoms. The first-order chi connectivity index (χ1) is 8.81. The molecule has 3 nitrogen and oxygen atoms in total. The van der Waals surface area contributed by atoms with E-state index in [2.05, 4.69) is 6.58 Å². The van der Waals surface area contributed by atoms with Crippen molar-refractivity contribution in [3.63, 3.8) is 0 Å². The van der Waals surface area contributed by atoms with Gasteiger partial charge in [0.1, 0.15) is 5.78 Å². The average Bonchev–Trinajstić information content (AvgIpc) is 2.52. The molecule has 0 aromatic carbocycles. The standard InChI is InChI=1S/C16H24O3/c1-9(2)13-7-11-6-10(3)14(17)16(13,4)8-12(11)15(18)19-5/h10-13H,1,6-8H2,2-5H3/t10?,11?,12?,13-,16-/m0/s1. The third-order valence-corrected chi connectivity index (χ3v) is 5.29. The maximum absolute atomic E-state index is 12.7. The lowest BCUT2D eigenvalue weighted by molar-refractivity contribution is -0.152. The van der Waals surface area contributed by atoms with Gasteiger partial charge in [0.2, 0.25) is 0 Å². The van der Waals surface area contributed by atoms with Crippen LogP contribution in [0.2, 0.25) is 0 Å². The van der Waals surface area contributed by atoms with Crippen molar-refractivity contribution in [2.24, 2.45) is 29.1 Å². The van der Waals surface area contributed by atoms with E-state index in [1.165, 1.54) is 7.11 Å². The molecule has 0 spiro atoms. The third kappa shape index (κ3) is 2.13. The lowest BCUT2D eigenvalue weighted by Gasteiger charge is -2.44. The molecule has 3 saturated carbocycles. The highest BCUT2D eigenvalue weighted by Crippen LogP contribution is 2.55. The van der Waals surface area contributed by atoms with E-state index in [-0.39, 0.29) is 29.6 Å². The van der Waals surface area contributed by atoms with Crippen molar-refractivity contribution in [2.45, 2.75) is 40.0 Å². The van der Waals surface area contributed by atoms with Gasteiger partial charge in [-0.1, -0.05) is 26.0 Å². The number of hydrogen-bond acceptors (Lipinski definition) is 3. The fourth-order valence-electron chi connectivity index (χ4n) is 4.32. The fourth-order valence-corrected chi connectivity index (χ4v) is 4.32. The second-order valence-electron chi connectivity index (χ2n) is 6.65. The summed E-state index contributed by atoms with van der Waals surface area (Å²) in [6, 6.07) is 0. The zero-order valence-corrected chi connectivity index (χ0v) is 12.4. The van der Waals surface area contributed by atoms with Crippen molar-refractivity contribution in [1.29, 1.82) is 0 Å². The first kappa shape index (κ1) is 14.3. The molecule has 0 N–H and O–H groups in total. The molecule has 0 amide bonds. The number of ketones is 1. The Kier molecular flexibility index (Phi) is 3.59. The number of carbonyl (C=O) groups excluding carboxylic acids is 2. The molecular formula is C16H24O3. The van der Waals surface area contributed by atoms with E-state index >= 15 is 0 Å². The Morgan fingerprint density at radius 1 is 1.42 bits per heavy atom. The van der Waals surface area contributed by atoms with Gasteiger partial charge in [0, 0.05) is 11.3 Å².